The van der Waals surface area contributed by atoms with E-state index in [0.29, 0.717) is 5.56 Å². The molecule has 0 spiro atoms. The molecule has 1 saturated carbocycles. The van der Waals surface area contributed by atoms with Crippen LogP contribution in [0.2, 0.25) is 0 Å². The highest BCUT2D eigenvalue weighted by molar-refractivity contribution is 9.10. The van der Waals surface area contributed by atoms with Crippen molar-refractivity contribution in [3.05, 3.63) is 33.8 Å². The lowest BCUT2D eigenvalue weighted by atomic mass is 9.83. The molecule has 0 heterocycles. The molecule has 1 nitrogen and oxygen atoms in total. The number of rotatable bonds is 2. The number of hydrogen-bond acceptors (Lipinski definition) is 1. The minimum atomic E-state index is -0.447. The van der Waals surface area contributed by atoms with E-state index in [9.17, 15) is 8.78 Å². The number of nitrogens with two attached hydrogens (primary N) is 1. The van der Waals surface area contributed by atoms with Crippen LogP contribution in [0.3, 0.4) is 0 Å². The molecular formula is C15H20BrF2N. The molecule has 0 aromatic heterocycles. The van der Waals surface area contributed by atoms with Crippen molar-refractivity contribution in [2.75, 3.05) is 0 Å². The number of benzene rings is 1. The first-order valence-corrected chi connectivity index (χ1v) is 7.79. The second-order valence-electron chi connectivity index (χ2n) is 5.42. The van der Waals surface area contributed by atoms with Crippen LogP contribution < -0.4 is 5.73 Å². The van der Waals surface area contributed by atoms with Crippen LogP contribution in [-0.2, 0) is 0 Å². The van der Waals surface area contributed by atoms with Crippen molar-refractivity contribution in [2.24, 2.45) is 11.7 Å². The summed E-state index contributed by atoms with van der Waals surface area (Å²) in [4.78, 5) is 0. The fourth-order valence-corrected chi connectivity index (χ4v) is 3.21. The molecule has 1 atom stereocenters. The van der Waals surface area contributed by atoms with Crippen molar-refractivity contribution < 1.29 is 8.78 Å². The summed E-state index contributed by atoms with van der Waals surface area (Å²) in [6, 6.07) is 2.01. The van der Waals surface area contributed by atoms with Gasteiger partial charge in [-0.25, -0.2) is 8.78 Å². The van der Waals surface area contributed by atoms with Crippen molar-refractivity contribution in [1.29, 1.82) is 0 Å². The molecule has 0 saturated heterocycles. The SMILES string of the molecule is NC(c1cc(F)c(Br)cc1F)C1CCCCCCC1. The minimum Gasteiger partial charge on any atom is -0.324 e. The third-order valence-corrected chi connectivity index (χ3v) is 4.66. The Labute approximate surface area is 121 Å². The molecular weight excluding hydrogens is 312 g/mol. The average Bonchev–Trinajstić information content (AvgIpc) is 2.32. The number of hydrogen-bond donors (Lipinski definition) is 1. The maximum absolute atomic E-state index is 13.9. The topological polar surface area (TPSA) is 26.0 Å². The summed E-state index contributed by atoms with van der Waals surface area (Å²) >= 11 is 2.99. The Morgan fingerprint density at radius 1 is 1.00 bits per heavy atom. The van der Waals surface area contributed by atoms with Crippen LogP contribution in [0.25, 0.3) is 0 Å². The van der Waals surface area contributed by atoms with Gasteiger partial charge in [0.1, 0.15) is 11.6 Å². The first kappa shape index (κ1) is 14.9. The van der Waals surface area contributed by atoms with E-state index >= 15 is 0 Å². The van der Waals surface area contributed by atoms with Gasteiger partial charge in [0.05, 0.1) is 4.47 Å². The largest absolute Gasteiger partial charge is 0.324 e. The van der Waals surface area contributed by atoms with Gasteiger partial charge in [0.25, 0.3) is 0 Å². The van der Waals surface area contributed by atoms with Crippen molar-refractivity contribution in [2.45, 2.75) is 51.0 Å². The summed E-state index contributed by atoms with van der Waals surface area (Å²) in [5.41, 5.74) is 6.50. The Morgan fingerprint density at radius 3 is 2.21 bits per heavy atom. The van der Waals surface area contributed by atoms with E-state index in [1.807, 2.05) is 0 Å². The monoisotopic (exact) mass is 331 g/mol. The standard InChI is InChI=1S/C15H20BrF2N/c16-12-9-13(17)11(8-14(12)18)15(19)10-6-4-2-1-3-5-7-10/h8-10,15H,1-7,19H2. The molecule has 1 aliphatic carbocycles. The van der Waals surface area contributed by atoms with Crippen LogP contribution >= 0.6 is 15.9 Å². The lowest BCUT2D eigenvalue weighted by Gasteiger charge is -2.26. The molecule has 106 valence electrons. The van der Waals surface area contributed by atoms with Crippen LogP contribution in [-0.4, -0.2) is 0 Å². The minimum absolute atomic E-state index is 0.151. The van der Waals surface area contributed by atoms with Gasteiger partial charge in [0.2, 0.25) is 0 Å². The van der Waals surface area contributed by atoms with E-state index in [0.717, 1.165) is 25.7 Å². The van der Waals surface area contributed by atoms with Gasteiger partial charge in [-0.15, -0.1) is 0 Å². The van der Waals surface area contributed by atoms with Crippen LogP contribution in [0.4, 0.5) is 8.78 Å². The molecule has 4 heteroatoms. The van der Waals surface area contributed by atoms with Gasteiger partial charge < -0.3 is 5.73 Å². The maximum Gasteiger partial charge on any atom is 0.137 e. The van der Waals surface area contributed by atoms with E-state index in [1.165, 1.54) is 31.4 Å². The molecule has 0 aliphatic heterocycles. The lowest BCUT2D eigenvalue weighted by Crippen LogP contribution is -2.23. The predicted octanol–water partition coefficient (Wildman–Crippen LogP) is 5.09. The first-order chi connectivity index (χ1) is 9.09. The average molecular weight is 332 g/mol. The third kappa shape index (κ3) is 3.76. The molecule has 1 aliphatic rings. The summed E-state index contributed by atoms with van der Waals surface area (Å²) in [6.45, 7) is 0. The summed E-state index contributed by atoms with van der Waals surface area (Å²) in [5, 5.41) is 0. The van der Waals surface area contributed by atoms with E-state index in [-0.39, 0.29) is 10.4 Å². The molecule has 2 N–H and O–H groups in total. The van der Waals surface area contributed by atoms with E-state index in [2.05, 4.69) is 15.9 Å². The molecule has 0 radical (unpaired) electrons. The molecule has 19 heavy (non-hydrogen) atoms. The molecule has 1 fully saturated rings. The molecule has 1 aromatic rings. The molecule has 1 unspecified atom stereocenters. The normalized spacial score (nSPS) is 19.8. The second-order valence-corrected chi connectivity index (χ2v) is 6.27. The van der Waals surface area contributed by atoms with E-state index < -0.39 is 17.7 Å². The van der Waals surface area contributed by atoms with Crippen LogP contribution in [0.1, 0.15) is 56.6 Å². The smallest absolute Gasteiger partial charge is 0.137 e. The molecule has 2 rings (SSSR count). The zero-order valence-electron chi connectivity index (χ0n) is 11.0. The molecule has 0 amide bonds. The first-order valence-electron chi connectivity index (χ1n) is 6.99. The Kier molecular flexibility index (Phi) is 5.34. The van der Waals surface area contributed by atoms with Crippen molar-refractivity contribution in [3.63, 3.8) is 0 Å². The Hall–Kier alpha value is -0.480. The third-order valence-electron chi connectivity index (χ3n) is 4.06. The summed E-state index contributed by atoms with van der Waals surface area (Å²) in [7, 11) is 0. The van der Waals surface area contributed by atoms with Gasteiger partial charge in [-0.3, -0.25) is 0 Å². The van der Waals surface area contributed by atoms with Crippen LogP contribution in [0, 0.1) is 17.6 Å². The van der Waals surface area contributed by atoms with Gasteiger partial charge >= 0.3 is 0 Å². The Balaban J connectivity index is 2.17. The number of halogens is 3. The fraction of sp³-hybridized carbons (Fsp3) is 0.600. The lowest BCUT2D eigenvalue weighted by molar-refractivity contribution is 0.321. The second kappa shape index (κ2) is 6.80. The van der Waals surface area contributed by atoms with Gasteiger partial charge in [0.15, 0.2) is 0 Å². The van der Waals surface area contributed by atoms with Crippen molar-refractivity contribution >= 4 is 15.9 Å². The highest BCUT2D eigenvalue weighted by atomic mass is 79.9. The fourth-order valence-electron chi connectivity index (χ4n) is 2.89. The molecule has 0 bridgehead atoms. The maximum atomic E-state index is 13.9. The highest BCUT2D eigenvalue weighted by Crippen LogP contribution is 2.33. The van der Waals surface area contributed by atoms with Gasteiger partial charge in [0, 0.05) is 11.6 Å². The Bertz CT molecular complexity index is 428. The zero-order valence-corrected chi connectivity index (χ0v) is 12.6. The highest BCUT2D eigenvalue weighted by Gasteiger charge is 2.23. The summed E-state index contributed by atoms with van der Waals surface area (Å²) in [6.07, 6.45) is 8.03. The predicted molar refractivity (Wildman–Crippen MR) is 76.8 cm³/mol. The van der Waals surface area contributed by atoms with Crippen molar-refractivity contribution in [3.8, 4) is 0 Å². The van der Waals surface area contributed by atoms with Crippen LogP contribution in [0.5, 0.6) is 0 Å². The Morgan fingerprint density at radius 2 is 1.58 bits per heavy atom. The quantitative estimate of drug-likeness (QED) is 0.750. The van der Waals surface area contributed by atoms with Gasteiger partial charge in [-0.2, -0.15) is 0 Å². The van der Waals surface area contributed by atoms with Crippen molar-refractivity contribution in [1.82, 2.24) is 0 Å². The molecule has 1 aromatic carbocycles. The van der Waals surface area contributed by atoms with Gasteiger partial charge in [-0.05, 0) is 46.8 Å². The van der Waals surface area contributed by atoms with E-state index in [1.54, 1.807) is 0 Å². The van der Waals surface area contributed by atoms with Crippen LogP contribution in [0.15, 0.2) is 16.6 Å². The van der Waals surface area contributed by atoms with Gasteiger partial charge in [-0.1, -0.05) is 32.1 Å². The summed E-state index contributed by atoms with van der Waals surface area (Å²) < 4.78 is 27.7. The van der Waals surface area contributed by atoms with E-state index in [4.69, 9.17) is 5.73 Å². The zero-order chi connectivity index (χ0) is 13.8. The summed E-state index contributed by atoms with van der Waals surface area (Å²) in [5.74, 6) is -0.601.